The second-order valence-corrected chi connectivity index (χ2v) is 2.97. The number of hydrogen-bond acceptors (Lipinski definition) is 3. The van der Waals surface area contributed by atoms with E-state index in [4.69, 9.17) is 5.11 Å². The van der Waals surface area contributed by atoms with E-state index in [1.165, 1.54) is 0 Å². The van der Waals surface area contributed by atoms with E-state index in [0.29, 0.717) is 11.4 Å². The molecule has 0 saturated carbocycles. The van der Waals surface area contributed by atoms with E-state index >= 15 is 0 Å². The zero-order valence-electron chi connectivity index (χ0n) is 8.37. The van der Waals surface area contributed by atoms with Gasteiger partial charge in [-0.2, -0.15) is 5.10 Å². The molecule has 0 aliphatic rings. The predicted octanol–water partition coefficient (Wildman–Crippen LogP) is 0.606. The van der Waals surface area contributed by atoms with Crippen LogP contribution in [-0.2, 0) is 9.59 Å². The molecule has 1 aromatic heterocycles. The van der Waals surface area contributed by atoms with E-state index in [9.17, 15) is 9.59 Å². The van der Waals surface area contributed by atoms with Crippen molar-refractivity contribution in [1.82, 2.24) is 10.2 Å². The molecule has 0 saturated heterocycles. The molecule has 1 aromatic rings. The van der Waals surface area contributed by atoms with Gasteiger partial charge in [-0.05, 0) is 13.8 Å². The van der Waals surface area contributed by atoms with Crippen molar-refractivity contribution in [2.75, 3.05) is 5.32 Å². The summed E-state index contributed by atoms with van der Waals surface area (Å²) in [6.07, 6.45) is 1.73. The van der Waals surface area contributed by atoms with E-state index in [0.717, 1.165) is 17.8 Å². The summed E-state index contributed by atoms with van der Waals surface area (Å²) in [5.74, 6) is -1.66. The number of amides is 1. The fraction of sp³-hybridized carbons (Fsp3) is 0.222. The Hall–Kier alpha value is -2.11. The van der Waals surface area contributed by atoms with Crippen LogP contribution < -0.4 is 5.32 Å². The SMILES string of the molecule is Cc1n[nH]c(C)c1NC(=O)/C=C/C(=O)O. The predicted molar refractivity (Wildman–Crippen MR) is 53.5 cm³/mol. The normalized spacial score (nSPS) is 10.5. The fourth-order valence-electron chi connectivity index (χ4n) is 1.05. The summed E-state index contributed by atoms with van der Waals surface area (Å²) in [4.78, 5) is 21.4. The number of carbonyl (C=O) groups excluding carboxylic acids is 1. The molecule has 0 unspecified atom stereocenters. The summed E-state index contributed by atoms with van der Waals surface area (Å²) in [6.45, 7) is 3.50. The molecule has 0 radical (unpaired) electrons. The van der Waals surface area contributed by atoms with Crippen molar-refractivity contribution in [3.8, 4) is 0 Å². The van der Waals surface area contributed by atoms with Gasteiger partial charge in [-0.1, -0.05) is 0 Å². The fourth-order valence-corrected chi connectivity index (χ4v) is 1.05. The topological polar surface area (TPSA) is 95.1 Å². The first-order valence-electron chi connectivity index (χ1n) is 4.24. The van der Waals surface area contributed by atoms with E-state index in [2.05, 4.69) is 15.5 Å². The van der Waals surface area contributed by atoms with E-state index in [1.807, 2.05) is 0 Å². The number of aliphatic carboxylic acids is 1. The van der Waals surface area contributed by atoms with Gasteiger partial charge in [-0.15, -0.1) is 0 Å². The number of anilines is 1. The molecule has 6 nitrogen and oxygen atoms in total. The first-order valence-corrected chi connectivity index (χ1v) is 4.24. The molecule has 6 heteroatoms. The molecule has 3 N–H and O–H groups in total. The smallest absolute Gasteiger partial charge is 0.328 e. The van der Waals surface area contributed by atoms with Crippen LogP contribution in [0.1, 0.15) is 11.4 Å². The highest BCUT2D eigenvalue weighted by Gasteiger charge is 2.07. The summed E-state index contributed by atoms with van der Waals surface area (Å²) in [6, 6.07) is 0. The third-order valence-electron chi connectivity index (χ3n) is 1.75. The minimum absolute atomic E-state index is 0.495. The zero-order valence-corrected chi connectivity index (χ0v) is 8.37. The van der Waals surface area contributed by atoms with Crippen molar-refractivity contribution in [2.24, 2.45) is 0 Å². The summed E-state index contributed by atoms with van der Waals surface area (Å²) >= 11 is 0. The maximum Gasteiger partial charge on any atom is 0.328 e. The van der Waals surface area contributed by atoms with Gasteiger partial charge in [0.2, 0.25) is 5.91 Å². The van der Waals surface area contributed by atoms with Crippen molar-refractivity contribution >= 4 is 17.6 Å². The van der Waals surface area contributed by atoms with Gasteiger partial charge in [0.25, 0.3) is 0 Å². The number of H-pyrrole nitrogens is 1. The number of carbonyl (C=O) groups is 2. The van der Waals surface area contributed by atoms with Crippen LogP contribution in [-0.4, -0.2) is 27.2 Å². The molecule has 0 aromatic carbocycles. The summed E-state index contributed by atoms with van der Waals surface area (Å²) in [7, 11) is 0. The lowest BCUT2D eigenvalue weighted by atomic mass is 10.3. The molecule has 0 fully saturated rings. The third kappa shape index (κ3) is 2.94. The third-order valence-corrected chi connectivity index (χ3v) is 1.75. The molecule has 0 spiro atoms. The van der Waals surface area contributed by atoms with Crippen molar-refractivity contribution in [3.05, 3.63) is 23.5 Å². The quantitative estimate of drug-likeness (QED) is 0.635. The Morgan fingerprint density at radius 3 is 2.53 bits per heavy atom. The van der Waals surface area contributed by atoms with Crippen LogP contribution in [0, 0.1) is 13.8 Å². The number of hydrogen-bond donors (Lipinski definition) is 3. The van der Waals surface area contributed by atoms with Gasteiger partial charge in [-0.25, -0.2) is 4.79 Å². The standard InChI is InChI=1S/C9H11N3O3/c1-5-9(6(2)12-11-5)10-7(13)3-4-8(14)15/h3-4H,1-2H3,(H,10,13)(H,11,12)(H,14,15)/b4-3+. The molecule has 1 rings (SSSR count). The number of carboxylic acids is 1. The van der Waals surface area contributed by atoms with Crippen LogP contribution in [0.3, 0.4) is 0 Å². The van der Waals surface area contributed by atoms with Gasteiger partial charge in [-0.3, -0.25) is 9.89 Å². The monoisotopic (exact) mass is 209 g/mol. The molecular formula is C9H11N3O3. The molecule has 0 atom stereocenters. The molecule has 0 aliphatic carbocycles. The van der Waals surface area contributed by atoms with Crippen LogP contribution in [0.5, 0.6) is 0 Å². The highest BCUT2D eigenvalue weighted by molar-refractivity contribution is 6.02. The average molecular weight is 209 g/mol. The molecule has 80 valence electrons. The van der Waals surface area contributed by atoms with E-state index < -0.39 is 11.9 Å². The van der Waals surface area contributed by atoms with Crippen molar-refractivity contribution in [3.63, 3.8) is 0 Å². The van der Waals surface area contributed by atoms with Crippen molar-refractivity contribution in [2.45, 2.75) is 13.8 Å². The maximum atomic E-state index is 11.2. The van der Waals surface area contributed by atoms with Crippen molar-refractivity contribution in [1.29, 1.82) is 0 Å². The lowest BCUT2D eigenvalue weighted by Crippen LogP contribution is -2.09. The zero-order chi connectivity index (χ0) is 11.4. The number of nitrogens with zero attached hydrogens (tertiary/aromatic N) is 1. The number of nitrogens with one attached hydrogen (secondary N) is 2. The van der Waals surface area contributed by atoms with Crippen LogP contribution in [0.2, 0.25) is 0 Å². The molecule has 1 heterocycles. The number of aromatic amines is 1. The van der Waals surface area contributed by atoms with Gasteiger partial charge < -0.3 is 10.4 Å². The van der Waals surface area contributed by atoms with Gasteiger partial charge >= 0.3 is 5.97 Å². The Morgan fingerprint density at radius 1 is 1.40 bits per heavy atom. The summed E-state index contributed by atoms with van der Waals surface area (Å²) < 4.78 is 0. The number of aryl methyl sites for hydroxylation is 2. The summed E-state index contributed by atoms with van der Waals surface area (Å²) in [5.41, 5.74) is 1.96. The van der Waals surface area contributed by atoms with Crippen LogP contribution in [0.15, 0.2) is 12.2 Å². The summed E-state index contributed by atoms with van der Waals surface area (Å²) in [5, 5.41) is 17.4. The van der Waals surface area contributed by atoms with Crippen LogP contribution in [0.4, 0.5) is 5.69 Å². The van der Waals surface area contributed by atoms with E-state index in [-0.39, 0.29) is 0 Å². The molecule has 0 bridgehead atoms. The van der Waals surface area contributed by atoms with Gasteiger partial charge in [0.15, 0.2) is 0 Å². The van der Waals surface area contributed by atoms with Crippen LogP contribution >= 0.6 is 0 Å². The Kier molecular flexibility index (Phi) is 3.22. The van der Waals surface area contributed by atoms with Gasteiger partial charge in [0.1, 0.15) is 0 Å². The first kappa shape index (κ1) is 11.0. The van der Waals surface area contributed by atoms with Crippen LogP contribution in [0.25, 0.3) is 0 Å². The highest BCUT2D eigenvalue weighted by Crippen LogP contribution is 2.15. The molecule has 0 aliphatic heterocycles. The lowest BCUT2D eigenvalue weighted by molar-refractivity contribution is -0.131. The lowest BCUT2D eigenvalue weighted by Gasteiger charge is -2.00. The largest absolute Gasteiger partial charge is 0.478 e. The second kappa shape index (κ2) is 4.41. The number of rotatable bonds is 3. The Morgan fingerprint density at radius 2 is 2.07 bits per heavy atom. The molecule has 1 amide bonds. The second-order valence-electron chi connectivity index (χ2n) is 2.97. The minimum Gasteiger partial charge on any atom is -0.478 e. The maximum absolute atomic E-state index is 11.2. The molecular weight excluding hydrogens is 198 g/mol. The van der Waals surface area contributed by atoms with Gasteiger partial charge in [0.05, 0.1) is 17.1 Å². The Labute approximate surface area is 86.0 Å². The highest BCUT2D eigenvalue weighted by atomic mass is 16.4. The number of carboxylic acid groups (broad SMARTS) is 1. The van der Waals surface area contributed by atoms with Gasteiger partial charge in [0, 0.05) is 12.2 Å². The Balaban J connectivity index is 2.71. The van der Waals surface area contributed by atoms with Crippen molar-refractivity contribution < 1.29 is 14.7 Å². The van der Waals surface area contributed by atoms with E-state index in [1.54, 1.807) is 13.8 Å². The first-order chi connectivity index (χ1) is 7.00. The number of aromatic nitrogens is 2. The minimum atomic E-state index is -1.16. The molecule has 15 heavy (non-hydrogen) atoms. The Bertz CT molecular complexity index is 401. The average Bonchev–Trinajstić information content (AvgIpc) is 2.46.